The molecule has 1 aromatic carbocycles. The second-order valence-corrected chi connectivity index (χ2v) is 7.78. The number of amides is 1. The molecule has 1 amide bonds. The summed E-state index contributed by atoms with van der Waals surface area (Å²) in [5.74, 6) is 0.851. The number of aromatic nitrogens is 2. The first-order valence-electron chi connectivity index (χ1n) is 8.63. The summed E-state index contributed by atoms with van der Waals surface area (Å²) in [6.07, 6.45) is 2.32. The Morgan fingerprint density at radius 1 is 1.36 bits per heavy atom. The van der Waals surface area contributed by atoms with Gasteiger partial charge >= 0.3 is 0 Å². The van der Waals surface area contributed by atoms with E-state index in [2.05, 4.69) is 31.2 Å². The highest BCUT2D eigenvalue weighted by Crippen LogP contribution is 2.41. The van der Waals surface area contributed by atoms with Crippen LogP contribution in [0.2, 0.25) is 5.02 Å². The SMILES string of the molecule is CCOc1ccc(Cl)cc1NC(=O)c1cc(C2CC2)n(C(C)(C)C)n1. The smallest absolute Gasteiger partial charge is 0.276 e. The Balaban J connectivity index is 1.88. The lowest BCUT2D eigenvalue weighted by molar-refractivity contribution is 0.102. The maximum atomic E-state index is 12.7. The Morgan fingerprint density at radius 3 is 2.68 bits per heavy atom. The van der Waals surface area contributed by atoms with Gasteiger partial charge in [0, 0.05) is 16.6 Å². The first-order valence-corrected chi connectivity index (χ1v) is 9.01. The van der Waals surface area contributed by atoms with Gasteiger partial charge in [-0.2, -0.15) is 5.10 Å². The second-order valence-electron chi connectivity index (χ2n) is 7.34. The van der Waals surface area contributed by atoms with E-state index < -0.39 is 0 Å². The first-order chi connectivity index (χ1) is 11.8. The van der Waals surface area contributed by atoms with Gasteiger partial charge in [0.05, 0.1) is 17.8 Å². The Hall–Kier alpha value is -2.01. The minimum Gasteiger partial charge on any atom is -0.492 e. The standard InChI is InChI=1S/C19H24ClN3O2/c1-5-25-17-9-8-13(20)10-14(17)21-18(24)15-11-16(12-6-7-12)23(22-15)19(2,3)4/h8-12H,5-7H2,1-4H3,(H,21,24). The lowest BCUT2D eigenvalue weighted by Gasteiger charge is -2.22. The number of hydrogen-bond donors (Lipinski definition) is 1. The van der Waals surface area contributed by atoms with E-state index in [-0.39, 0.29) is 11.4 Å². The van der Waals surface area contributed by atoms with E-state index in [9.17, 15) is 4.79 Å². The van der Waals surface area contributed by atoms with Crippen molar-refractivity contribution in [2.24, 2.45) is 0 Å². The summed E-state index contributed by atoms with van der Waals surface area (Å²) < 4.78 is 7.53. The molecule has 0 spiro atoms. The molecule has 25 heavy (non-hydrogen) atoms. The van der Waals surface area contributed by atoms with Crippen molar-refractivity contribution in [3.05, 3.63) is 40.7 Å². The van der Waals surface area contributed by atoms with Crippen LogP contribution in [0.25, 0.3) is 0 Å². The molecule has 1 aliphatic carbocycles. The Morgan fingerprint density at radius 2 is 2.08 bits per heavy atom. The number of rotatable bonds is 5. The monoisotopic (exact) mass is 361 g/mol. The van der Waals surface area contributed by atoms with Crippen molar-refractivity contribution in [2.45, 2.75) is 52.0 Å². The number of hydrogen-bond acceptors (Lipinski definition) is 3. The number of nitrogens with one attached hydrogen (secondary N) is 1. The topological polar surface area (TPSA) is 56.1 Å². The van der Waals surface area contributed by atoms with Crippen LogP contribution >= 0.6 is 11.6 Å². The van der Waals surface area contributed by atoms with Gasteiger partial charge in [0.1, 0.15) is 5.75 Å². The number of anilines is 1. The lowest BCUT2D eigenvalue weighted by atomic mass is 10.1. The van der Waals surface area contributed by atoms with Crippen molar-refractivity contribution < 1.29 is 9.53 Å². The van der Waals surface area contributed by atoms with Gasteiger partial charge in [-0.25, -0.2) is 0 Å². The third kappa shape index (κ3) is 3.98. The van der Waals surface area contributed by atoms with E-state index in [1.54, 1.807) is 18.2 Å². The molecule has 2 aromatic rings. The summed E-state index contributed by atoms with van der Waals surface area (Å²) in [5, 5.41) is 7.99. The largest absolute Gasteiger partial charge is 0.492 e. The van der Waals surface area contributed by atoms with Gasteiger partial charge in [0.25, 0.3) is 5.91 Å². The fourth-order valence-corrected chi connectivity index (χ4v) is 2.95. The minimum absolute atomic E-state index is 0.164. The summed E-state index contributed by atoms with van der Waals surface area (Å²) in [7, 11) is 0. The van der Waals surface area contributed by atoms with Crippen LogP contribution in [0.5, 0.6) is 5.75 Å². The summed E-state index contributed by atoms with van der Waals surface area (Å²) in [6.45, 7) is 8.69. The third-order valence-electron chi connectivity index (χ3n) is 4.09. The van der Waals surface area contributed by atoms with E-state index in [1.807, 2.05) is 17.7 Å². The molecular weight excluding hydrogens is 338 g/mol. The fraction of sp³-hybridized carbons (Fsp3) is 0.474. The minimum atomic E-state index is -0.256. The fourth-order valence-electron chi connectivity index (χ4n) is 2.78. The molecule has 0 saturated heterocycles. The van der Waals surface area contributed by atoms with E-state index in [4.69, 9.17) is 16.3 Å². The molecule has 1 aromatic heterocycles. The van der Waals surface area contributed by atoms with Gasteiger partial charge in [-0.3, -0.25) is 9.48 Å². The summed E-state index contributed by atoms with van der Waals surface area (Å²) in [5.41, 5.74) is 1.94. The van der Waals surface area contributed by atoms with Crippen molar-refractivity contribution in [1.82, 2.24) is 9.78 Å². The number of ether oxygens (including phenoxy) is 1. The zero-order valence-corrected chi connectivity index (χ0v) is 15.9. The van der Waals surface area contributed by atoms with Crippen LogP contribution in [0.1, 0.15) is 62.6 Å². The predicted octanol–water partition coefficient (Wildman–Crippen LogP) is 4.82. The zero-order valence-electron chi connectivity index (χ0n) is 15.1. The van der Waals surface area contributed by atoms with Gasteiger partial charge in [-0.15, -0.1) is 0 Å². The molecule has 0 atom stereocenters. The molecule has 0 unspecified atom stereocenters. The quantitative estimate of drug-likeness (QED) is 0.830. The Kier molecular flexibility index (Phi) is 4.78. The van der Waals surface area contributed by atoms with E-state index in [0.717, 1.165) is 18.5 Å². The first kappa shape index (κ1) is 17.8. The van der Waals surface area contributed by atoms with Crippen LogP contribution in [-0.2, 0) is 5.54 Å². The van der Waals surface area contributed by atoms with E-state index in [0.29, 0.717) is 34.7 Å². The average Bonchev–Trinajstić information content (AvgIpc) is 3.27. The number of benzene rings is 1. The molecule has 1 N–H and O–H groups in total. The number of carbonyl (C=O) groups is 1. The zero-order chi connectivity index (χ0) is 18.2. The van der Waals surface area contributed by atoms with Crippen molar-refractivity contribution in [3.8, 4) is 5.75 Å². The molecular formula is C19H24ClN3O2. The van der Waals surface area contributed by atoms with Gasteiger partial charge < -0.3 is 10.1 Å². The van der Waals surface area contributed by atoms with Gasteiger partial charge in [-0.1, -0.05) is 11.6 Å². The number of halogens is 1. The van der Waals surface area contributed by atoms with E-state index in [1.165, 1.54) is 0 Å². The Labute approximate surface area is 153 Å². The van der Waals surface area contributed by atoms with Crippen LogP contribution in [0, 0.1) is 0 Å². The van der Waals surface area contributed by atoms with Crippen LogP contribution in [0.4, 0.5) is 5.69 Å². The highest BCUT2D eigenvalue weighted by molar-refractivity contribution is 6.31. The molecule has 1 saturated carbocycles. The molecule has 1 heterocycles. The summed E-state index contributed by atoms with van der Waals surface area (Å²) >= 11 is 6.06. The van der Waals surface area contributed by atoms with Crippen molar-refractivity contribution in [2.75, 3.05) is 11.9 Å². The maximum absolute atomic E-state index is 12.7. The Bertz CT molecular complexity index is 788. The molecule has 0 bridgehead atoms. The van der Waals surface area contributed by atoms with Gasteiger partial charge in [-0.05, 0) is 64.8 Å². The van der Waals surface area contributed by atoms with Gasteiger partial charge in [0.15, 0.2) is 5.69 Å². The van der Waals surface area contributed by atoms with Crippen molar-refractivity contribution in [3.63, 3.8) is 0 Å². The molecule has 0 radical (unpaired) electrons. The van der Waals surface area contributed by atoms with Crippen LogP contribution in [-0.4, -0.2) is 22.3 Å². The summed E-state index contributed by atoms with van der Waals surface area (Å²) in [6, 6.07) is 7.09. The average molecular weight is 362 g/mol. The van der Waals surface area contributed by atoms with Crippen LogP contribution < -0.4 is 10.1 Å². The molecule has 0 aliphatic heterocycles. The van der Waals surface area contributed by atoms with Crippen molar-refractivity contribution in [1.29, 1.82) is 0 Å². The highest BCUT2D eigenvalue weighted by atomic mass is 35.5. The third-order valence-corrected chi connectivity index (χ3v) is 4.33. The normalized spacial score (nSPS) is 14.4. The van der Waals surface area contributed by atoms with Crippen molar-refractivity contribution >= 4 is 23.2 Å². The molecule has 1 aliphatic rings. The molecule has 1 fully saturated rings. The van der Waals surface area contributed by atoms with Crippen LogP contribution in [0.15, 0.2) is 24.3 Å². The van der Waals surface area contributed by atoms with Gasteiger partial charge in [0.2, 0.25) is 0 Å². The summed E-state index contributed by atoms with van der Waals surface area (Å²) in [4.78, 5) is 12.7. The highest BCUT2D eigenvalue weighted by Gasteiger charge is 2.32. The van der Waals surface area contributed by atoms with Crippen LogP contribution in [0.3, 0.4) is 0 Å². The lowest BCUT2D eigenvalue weighted by Crippen LogP contribution is -2.25. The van der Waals surface area contributed by atoms with E-state index >= 15 is 0 Å². The number of nitrogens with zero attached hydrogens (tertiary/aromatic N) is 2. The maximum Gasteiger partial charge on any atom is 0.276 e. The molecule has 134 valence electrons. The second kappa shape index (κ2) is 6.71. The predicted molar refractivity (Wildman–Crippen MR) is 99.8 cm³/mol. The molecule has 3 rings (SSSR count). The number of carbonyl (C=O) groups excluding carboxylic acids is 1. The molecule has 5 nitrogen and oxygen atoms in total. The molecule has 6 heteroatoms.